The molecule has 60 heavy (non-hydrogen) atoms. The van der Waals surface area contributed by atoms with Crippen LogP contribution in [0.1, 0.15) is 219 Å². The minimum Gasteiger partial charge on any atom is -0.790 e. The first kappa shape index (κ1) is 64.2. The molecule has 366 valence electrons. The average molecular weight is 883 g/mol. The molecule has 0 aliphatic rings. The number of nitrogens with zero attached hydrogens (tertiary/aromatic N) is 2. The molecular weight excluding hydrogens is 776 g/mol. The van der Waals surface area contributed by atoms with Gasteiger partial charge in [-0.1, -0.05) is 206 Å². The van der Waals surface area contributed by atoms with Gasteiger partial charge in [0.2, 0.25) is 0 Å². The van der Waals surface area contributed by atoms with Crippen molar-refractivity contribution in [3.05, 3.63) is 0 Å². The number of unbranched alkanes of at least 4 members (excludes halogenated alkanes) is 30. The molecule has 11 heteroatoms. The summed E-state index contributed by atoms with van der Waals surface area (Å²) in [5, 5.41) is 16.8. The van der Waals surface area contributed by atoms with E-state index in [0.717, 1.165) is 47.7 Å². The number of rotatable bonds is 44. The molecule has 0 radical (unpaired) electrons. The van der Waals surface area contributed by atoms with Crippen LogP contribution in [0.3, 0.4) is 0 Å². The van der Waals surface area contributed by atoms with Gasteiger partial charge in [-0.3, -0.25) is 0 Å². The number of phosphoric ester groups is 1. The maximum Gasteiger partial charge on any atom is 0.104 e. The summed E-state index contributed by atoms with van der Waals surface area (Å²) < 4.78 is 28.8. The third-order valence-corrected chi connectivity index (χ3v) is 11.2. The van der Waals surface area contributed by atoms with Crippen molar-refractivity contribution in [1.82, 2.24) is 0 Å². The summed E-state index contributed by atoms with van der Waals surface area (Å²) >= 11 is 0. The van der Waals surface area contributed by atoms with E-state index in [0.29, 0.717) is 13.2 Å². The first-order chi connectivity index (χ1) is 28.6. The van der Waals surface area contributed by atoms with E-state index in [1.165, 1.54) is 180 Å². The zero-order valence-corrected chi connectivity index (χ0v) is 42.4. The molecule has 0 aromatic heterocycles. The monoisotopic (exact) mass is 883 g/mol. The fourth-order valence-electron chi connectivity index (χ4n) is 6.79. The minimum absolute atomic E-state index is 0.262. The number of aliphatic hydroxyl groups excluding tert-OH is 2. The zero-order chi connectivity index (χ0) is 45.5. The predicted octanol–water partition coefficient (Wildman–Crippen LogP) is 11.1. The molecule has 0 bridgehead atoms. The Morgan fingerprint density at radius 3 is 0.933 bits per heavy atom. The number of phosphoric acid groups is 1. The van der Waals surface area contributed by atoms with Crippen LogP contribution in [0.4, 0.5) is 0 Å². The van der Waals surface area contributed by atoms with Gasteiger partial charge in [0.1, 0.15) is 19.2 Å². The SMILES string of the molecule is CCCCCCCCCCCCCCCCCCOCC(COP(=O)([O-])[O-])OCCCCCCCCCCCCCCCCCC.C[N+](C)(C)CCO.C[N+](C)(C)CCO. The van der Waals surface area contributed by atoms with Gasteiger partial charge < -0.3 is 47.5 Å². The summed E-state index contributed by atoms with van der Waals surface area (Å²) in [4.78, 5) is 21.9. The van der Waals surface area contributed by atoms with E-state index in [1.54, 1.807) is 0 Å². The molecule has 0 fully saturated rings. The highest BCUT2D eigenvalue weighted by Gasteiger charge is 2.11. The second-order valence-electron chi connectivity index (χ2n) is 19.4. The number of likely N-dealkylation sites (N-methyl/N-ethyl adjacent to an activating group) is 2. The second-order valence-corrected chi connectivity index (χ2v) is 20.5. The molecule has 0 aliphatic carbocycles. The van der Waals surface area contributed by atoms with Crippen LogP contribution in [0.2, 0.25) is 0 Å². The first-order valence-electron chi connectivity index (χ1n) is 25.3. The van der Waals surface area contributed by atoms with Crippen LogP contribution in [0, 0.1) is 0 Å². The van der Waals surface area contributed by atoms with E-state index in [9.17, 15) is 14.4 Å². The maximum absolute atomic E-state index is 11.0. The van der Waals surface area contributed by atoms with Crippen LogP contribution in [-0.2, 0) is 18.6 Å². The predicted molar refractivity (Wildman–Crippen MR) is 253 cm³/mol. The van der Waals surface area contributed by atoms with E-state index in [4.69, 9.17) is 19.7 Å². The average Bonchev–Trinajstić information content (AvgIpc) is 3.16. The highest BCUT2D eigenvalue weighted by molar-refractivity contribution is 7.43. The van der Waals surface area contributed by atoms with Crippen molar-refractivity contribution in [2.75, 3.05) is 95.0 Å². The van der Waals surface area contributed by atoms with Crippen LogP contribution < -0.4 is 9.79 Å². The molecule has 0 rings (SSSR count). The fraction of sp³-hybridized carbons (Fsp3) is 1.00. The summed E-state index contributed by atoms with van der Waals surface area (Å²) in [7, 11) is 7.30. The summed E-state index contributed by atoms with van der Waals surface area (Å²) in [5.74, 6) is 0. The fourth-order valence-corrected chi connectivity index (χ4v) is 7.13. The normalized spacial score (nSPS) is 12.5. The summed E-state index contributed by atoms with van der Waals surface area (Å²) in [6.45, 7) is 7.95. The lowest BCUT2D eigenvalue weighted by Gasteiger charge is -2.30. The molecule has 1 unspecified atom stereocenters. The van der Waals surface area contributed by atoms with Crippen molar-refractivity contribution in [3.63, 3.8) is 0 Å². The quantitative estimate of drug-likeness (QED) is 0.0351. The number of ether oxygens (including phenoxy) is 2. The molecule has 0 heterocycles. The standard InChI is InChI=1S/C39H81O6P.2C5H14NO/c1-3-5-7-9-11-13-15-17-19-21-23-25-27-29-31-33-35-43-37-39(38-45-46(40,41)42)44-36-34-32-30-28-26-24-22-20-18-16-14-12-10-8-6-4-2;2*1-6(2,3)4-5-7/h39H,3-38H2,1-2H3,(H2,40,41,42);2*7H,4-5H2,1-3H3/q;2*+1/p-2. The van der Waals surface area contributed by atoms with Crippen LogP contribution in [0.15, 0.2) is 0 Å². The third-order valence-electron chi connectivity index (χ3n) is 10.8. The van der Waals surface area contributed by atoms with E-state index >= 15 is 0 Å². The highest BCUT2D eigenvalue weighted by atomic mass is 31.2. The van der Waals surface area contributed by atoms with Crippen molar-refractivity contribution in [2.45, 2.75) is 225 Å². The van der Waals surface area contributed by atoms with Crippen molar-refractivity contribution in [2.24, 2.45) is 0 Å². The topological polar surface area (TPSA) is 131 Å². The van der Waals surface area contributed by atoms with Crippen molar-refractivity contribution < 1.29 is 47.5 Å². The Bertz CT molecular complexity index is 834. The van der Waals surface area contributed by atoms with Crippen LogP contribution >= 0.6 is 7.82 Å². The molecule has 0 saturated heterocycles. The molecule has 0 amide bonds. The van der Waals surface area contributed by atoms with Crippen LogP contribution in [-0.4, -0.2) is 120 Å². The van der Waals surface area contributed by atoms with Crippen molar-refractivity contribution >= 4 is 7.82 Å². The highest BCUT2D eigenvalue weighted by Crippen LogP contribution is 2.25. The van der Waals surface area contributed by atoms with E-state index in [1.807, 2.05) is 0 Å². The Balaban J connectivity index is -0.00000196. The zero-order valence-electron chi connectivity index (χ0n) is 41.5. The molecule has 1 atom stereocenters. The van der Waals surface area contributed by atoms with Gasteiger partial charge in [0.15, 0.2) is 0 Å². The lowest BCUT2D eigenvalue weighted by Crippen LogP contribution is -2.36. The van der Waals surface area contributed by atoms with Crippen LogP contribution in [0.5, 0.6) is 0 Å². The van der Waals surface area contributed by atoms with E-state index in [-0.39, 0.29) is 26.4 Å². The summed E-state index contributed by atoms with van der Waals surface area (Å²) in [6.07, 6.45) is 41.9. The van der Waals surface area contributed by atoms with E-state index < -0.39 is 13.9 Å². The Hall–Kier alpha value is -0.130. The van der Waals surface area contributed by atoms with Gasteiger partial charge in [0.05, 0.1) is 76.5 Å². The smallest absolute Gasteiger partial charge is 0.104 e. The van der Waals surface area contributed by atoms with Gasteiger partial charge in [-0.05, 0) is 12.8 Å². The van der Waals surface area contributed by atoms with Gasteiger partial charge >= 0.3 is 0 Å². The third kappa shape index (κ3) is 67.0. The molecule has 0 spiro atoms. The summed E-state index contributed by atoms with van der Waals surface area (Å²) in [6, 6.07) is 0. The molecular formula is C49H107N2O8P. The Kier molecular flexibility index (Phi) is 51.7. The lowest BCUT2D eigenvalue weighted by molar-refractivity contribution is -0.870. The maximum atomic E-state index is 11.0. The number of aliphatic hydroxyl groups is 2. The van der Waals surface area contributed by atoms with Gasteiger partial charge in [0.25, 0.3) is 0 Å². The Morgan fingerprint density at radius 2 is 0.700 bits per heavy atom. The molecule has 10 nitrogen and oxygen atoms in total. The Labute approximate surface area is 374 Å². The largest absolute Gasteiger partial charge is 0.790 e. The van der Waals surface area contributed by atoms with E-state index in [2.05, 4.69) is 60.7 Å². The molecule has 2 N–H and O–H groups in total. The Morgan fingerprint density at radius 1 is 0.433 bits per heavy atom. The molecule has 0 saturated carbocycles. The van der Waals surface area contributed by atoms with Crippen LogP contribution in [0.25, 0.3) is 0 Å². The van der Waals surface area contributed by atoms with Gasteiger partial charge in [0, 0.05) is 13.2 Å². The molecule has 0 aliphatic heterocycles. The first-order valence-corrected chi connectivity index (χ1v) is 26.8. The number of hydrogen-bond acceptors (Lipinski definition) is 8. The van der Waals surface area contributed by atoms with Gasteiger partial charge in [-0.25, -0.2) is 0 Å². The lowest BCUT2D eigenvalue weighted by atomic mass is 10.0. The molecule has 0 aromatic carbocycles. The minimum atomic E-state index is -5.01. The number of quaternary nitrogens is 2. The van der Waals surface area contributed by atoms with Crippen molar-refractivity contribution in [1.29, 1.82) is 0 Å². The van der Waals surface area contributed by atoms with Gasteiger partial charge in [-0.15, -0.1) is 0 Å². The second kappa shape index (κ2) is 48.3. The van der Waals surface area contributed by atoms with Crippen molar-refractivity contribution in [3.8, 4) is 0 Å². The summed E-state index contributed by atoms with van der Waals surface area (Å²) in [5.41, 5.74) is 0. The molecule has 0 aromatic rings. The van der Waals surface area contributed by atoms with Gasteiger partial charge in [-0.2, -0.15) is 0 Å². The number of hydrogen-bond donors (Lipinski definition) is 2.